The van der Waals surface area contributed by atoms with Crippen molar-refractivity contribution in [1.82, 2.24) is 0 Å². The molecule has 0 aliphatic heterocycles. The fraction of sp³-hybridized carbons (Fsp3) is 1.00. The fourth-order valence-corrected chi connectivity index (χ4v) is 1.70. The quantitative estimate of drug-likeness (QED) is 0.608. The van der Waals surface area contributed by atoms with E-state index in [-0.39, 0.29) is 6.42 Å². The second-order valence-corrected chi connectivity index (χ2v) is 7.92. The minimum Gasteiger partial charge on any atom is -0.250 e. The van der Waals surface area contributed by atoms with Crippen LogP contribution in [-0.4, -0.2) is 30.9 Å². The maximum atomic E-state index is 11.6. The van der Waals surface area contributed by atoms with Crippen LogP contribution >= 0.6 is 10.0 Å². The molecule has 0 saturated carbocycles. The topological polar surface area (TPSA) is 0 Å². The summed E-state index contributed by atoms with van der Waals surface area (Å²) in [5.41, 5.74) is 0. The molecule has 0 aromatic rings. The van der Waals surface area contributed by atoms with Crippen molar-refractivity contribution in [1.29, 1.82) is 0 Å². The first-order valence-corrected chi connectivity index (χ1v) is 6.38. The average Bonchev–Trinajstić information content (AvgIpc) is 1.59. The fourth-order valence-electron chi connectivity index (χ4n) is 0.671. The highest BCUT2D eigenvalue weighted by Crippen LogP contribution is 2.35. The lowest BCUT2D eigenvalue weighted by molar-refractivity contribution is 0.137. The Morgan fingerprint density at radius 2 is 1.70 bits per heavy atom. The van der Waals surface area contributed by atoms with E-state index in [9.17, 15) is 8.78 Å². The van der Waals surface area contributed by atoms with E-state index in [2.05, 4.69) is 18.8 Å². The number of rotatable bonds is 4. The molecule has 0 aromatic heterocycles. The molecule has 0 fully saturated rings. The predicted octanol–water partition coefficient (Wildman–Crippen LogP) is 2.73. The van der Waals surface area contributed by atoms with E-state index < -0.39 is 16.5 Å². The van der Waals surface area contributed by atoms with Gasteiger partial charge in [-0.15, -0.1) is 0 Å². The molecule has 0 unspecified atom stereocenters. The maximum Gasteiger partial charge on any atom is 0.238 e. The van der Waals surface area contributed by atoms with Gasteiger partial charge in [0.25, 0.3) is 0 Å². The zero-order chi connectivity index (χ0) is 8.20. The van der Waals surface area contributed by atoms with E-state index in [1.165, 1.54) is 0 Å². The Hall–Kier alpha value is 0.210. The Kier molecular flexibility index (Phi) is 4.25. The summed E-state index contributed by atoms with van der Waals surface area (Å²) in [5, 5.41) is 0. The molecular weight excluding hydrogens is 154 g/mol. The van der Waals surface area contributed by atoms with Crippen molar-refractivity contribution in [3.8, 4) is 0 Å². The molecule has 3 heteroatoms. The Morgan fingerprint density at radius 3 is 2.00 bits per heavy atom. The normalized spacial score (nSPS) is 14.2. The van der Waals surface area contributed by atoms with Gasteiger partial charge >= 0.3 is 0 Å². The van der Waals surface area contributed by atoms with Gasteiger partial charge < -0.3 is 0 Å². The van der Waals surface area contributed by atoms with Crippen LogP contribution in [0.3, 0.4) is 0 Å². The lowest BCUT2D eigenvalue weighted by Gasteiger charge is -2.24. The summed E-state index contributed by atoms with van der Waals surface area (Å²) in [5.74, 6) is 0.970. The Morgan fingerprint density at radius 1 is 1.20 bits per heavy atom. The highest BCUT2D eigenvalue weighted by molar-refractivity contribution is 8.32. The van der Waals surface area contributed by atoms with E-state index in [0.717, 1.165) is 5.75 Å². The van der Waals surface area contributed by atoms with Gasteiger partial charge in [-0.3, -0.25) is 0 Å². The van der Waals surface area contributed by atoms with Crippen LogP contribution in [0.4, 0.5) is 8.78 Å². The molecule has 0 heterocycles. The van der Waals surface area contributed by atoms with Crippen molar-refractivity contribution in [2.75, 3.05) is 24.5 Å². The zero-order valence-corrected chi connectivity index (χ0v) is 7.68. The third kappa shape index (κ3) is 8.21. The molecule has 0 atom stereocenters. The summed E-state index contributed by atoms with van der Waals surface area (Å²) in [7, 11) is -0.553. The van der Waals surface area contributed by atoms with Crippen molar-refractivity contribution in [3.63, 3.8) is 0 Å². The first kappa shape index (κ1) is 10.2. The molecule has 0 N–H and O–H groups in total. The Labute approximate surface area is 63.3 Å². The molecule has 0 aliphatic carbocycles. The average molecular weight is 170 g/mol. The van der Waals surface area contributed by atoms with Gasteiger partial charge in [0.05, 0.1) is 0 Å². The summed E-state index contributed by atoms with van der Waals surface area (Å²) >= 11 is 0. The van der Waals surface area contributed by atoms with Gasteiger partial charge in [-0.25, -0.2) is 18.8 Å². The standard InChI is InChI=1S/C7H16F2S/c1-10(2,3)6-4-5-7(8)9/h7H,4-6H2,1-3H3. The second-order valence-electron chi connectivity index (χ2n) is 3.33. The van der Waals surface area contributed by atoms with Crippen molar-refractivity contribution >= 4 is 10.0 Å². The largest absolute Gasteiger partial charge is 0.250 e. The molecule has 0 rings (SSSR count). The van der Waals surface area contributed by atoms with Crippen LogP contribution in [0.15, 0.2) is 0 Å². The highest BCUT2D eigenvalue weighted by atomic mass is 32.3. The highest BCUT2D eigenvalue weighted by Gasteiger charge is 2.06. The monoisotopic (exact) mass is 170 g/mol. The van der Waals surface area contributed by atoms with E-state index >= 15 is 0 Å². The van der Waals surface area contributed by atoms with Crippen LogP contribution < -0.4 is 0 Å². The molecule has 0 aliphatic rings. The smallest absolute Gasteiger partial charge is 0.238 e. The summed E-state index contributed by atoms with van der Waals surface area (Å²) in [6.45, 7) is 0. The molecule has 10 heavy (non-hydrogen) atoms. The van der Waals surface area contributed by atoms with Crippen molar-refractivity contribution in [2.45, 2.75) is 19.3 Å². The summed E-state index contributed by atoms with van der Waals surface area (Å²) in [6.07, 6.45) is 5.10. The van der Waals surface area contributed by atoms with Crippen LogP contribution in [0.2, 0.25) is 0 Å². The van der Waals surface area contributed by atoms with Crippen LogP contribution in [-0.2, 0) is 0 Å². The summed E-state index contributed by atoms with van der Waals surface area (Å²) < 4.78 is 23.2. The molecule has 0 spiro atoms. The van der Waals surface area contributed by atoms with Crippen molar-refractivity contribution in [3.05, 3.63) is 0 Å². The van der Waals surface area contributed by atoms with Gasteiger partial charge in [0, 0.05) is 6.42 Å². The Bertz CT molecular complexity index is 86.1. The zero-order valence-electron chi connectivity index (χ0n) is 6.86. The molecule has 0 amide bonds. The molecule has 0 bridgehead atoms. The van der Waals surface area contributed by atoms with Gasteiger partial charge in [0.15, 0.2) is 0 Å². The number of hydrogen-bond acceptors (Lipinski definition) is 0. The van der Waals surface area contributed by atoms with Gasteiger partial charge in [-0.1, -0.05) is 0 Å². The van der Waals surface area contributed by atoms with E-state index in [0.29, 0.717) is 6.42 Å². The summed E-state index contributed by atoms with van der Waals surface area (Å²) in [6, 6.07) is 0. The Balaban J connectivity index is 3.21. The van der Waals surface area contributed by atoms with E-state index in [1.54, 1.807) is 0 Å². The van der Waals surface area contributed by atoms with Crippen LogP contribution in [0.5, 0.6) is 0 Å². The molecule has 0 aromatic carbocycles. The number of hydrogen-bond donors (Lipinski definition) is 0. The lowest BCUT2D eigenvalue weighted by atomic mass is 10.4. The molecule has 0 radical (unpaired) electrons. The lowest BCUT2D eigenvalue weighted by Crippen LogP contribution is -2.00. The van der Waals surface area contributed by atoms with Gasteiger partial charge in [-0.05, 0) is 30.9 Å². The third-order valence-corrected chi connectivity index (χ3v) is 2.69. The number of halogens is 2. The predicted molar refractivity (Wildman–Crippen MR) is 45.5 cm³/mol. The maximum absolute atomic E-state index is 11.6. The van der Waals surface area contributed by atoms with Crippen LogP contribution in [0.25, 0.3) is 0 Å². The molecule has 0 saturated heterocycles. The van der Waals surface area contributed by atoms with Crippen LogP contribution in [0.1, 0.15) is 12.8 Å². The van der Waals surface area contributed by atoms with Crippen LogP contribution in [0, 0.1) is 0 Å². The van der Waals surface area contributed by atoms with Gasteiger partial charge in [-0.2, -0.15) is 0 Å². The molecule has 64 valence electrons. The summed E-state index contributed by atoms with van der Waals surface area (Å²) in [4.78, 5) is 0. The minimum atomic E-state index is -2.11. The first-order valence-electron chi connectivity index (χ1n) is 3.36. The SMILES string of the molecule is CS(C)(C)CCCC(F)F. The molecular formula is C7H16F2S. The van der Waals surface area contributed by atoms with E-state index in [1.807, 2.05) is 0 Å². The van der Waals surface area contributed by atoms with Gasteiger partial charge in [0.1, 0.15) is 0 Å². The third-order valence-electron chi connectivity index (χ3n) is 1.18. The second kappa shape index (κ2) is 4.16. The van der Waals surface area contributed by atoms with E-state index in [4.69, 9.17) is 0 Å². The van der Waals surface area contributed by atoms with Crippen molar-refractivity contribution < 1.29 is 8.78 Å². The minimum absolute atomic E-state index is 0.0737. The van der Waals surface area contributed by atoms with Crippen molar-refractivity contribution in [2.24, 2.45) is 0 Å². The number of alkyl halides is 2. The van der Waals surface area contributed by atoms with Gasteiger partial charge in [0.2, 0.25) is 6.43 Å². The molecule has 0 nitrogen and oxygen atoms in total. The first-order chi connectivity index (χ1) is 4.42.